The summed E-state index contributed by atoms with van der Waals surface area (Å²) in [6.07, 6.45) is 2.16. The molecule has 1 unspecified atom stereocenters. The predicted octanol–water partition coefficient (Wildman–Crippen LogP) is 3.38. The van der Waals surface area contributed by atoms with Crippen LogP contribution in [-0.2, 0) is 0 Å². The zero-order chi connectivity index (χ0) is 14.8. The molecule has 0 spiro atoms. The van der Waals surface area contributed by atoms with Gasteiger partial charge in [0.2, 0.25) is 0 Å². The van der Waals surface area contributed by atoms with Gasteiger partial charge >= 0.3 is 0 Å². The lowest BCUT2D eigenvalue weighted by molar-refractivity contribution is 0.00129. The first-order valence-electron chi connectivity index (χ1n) is 7.61. The highest BCUT2D eigenvalue weighted by molar-refractivity contribution is 5.30. The molecule has 1 atom stereocenters. The average Bonchev–Trinajstić information content (AvgIpc) is 2.92. The first-order valence-corrected chi connectivity index (χ1v) is 7.61. The minimum Gasteiger partial charge on any atom is -0.491 e. The van der Waals surface area contributed by atoms with Crippen molar-refractivity contribution in [3.63, 3.8) is 0 Å². The van der Waals surface area contributed by atoms with Crippen LogP contribution in [0.3, 0.4) is 0 Å². The van der Waals surface area contributed by atoms with Crippen LogP contribution < -0.4 is 4.74 Å². The van der Waals surface area contributed by atoms with Gasteiger partial charge in [-0.05, 0) is 71.3 Å². The van der Waals surface area contributed by atoms with E-state index in [0.29, 0.717) is 0 Å². The van der Waals surface area contributed by atoms with Gasteiger partial charge in [-0.15, -0.1) is 0 Å². The third-order valence-corrected chi connectivity index (χ3v) is 4.16. The number of aliphatic hydroxyl groups is 1. The minimum atomic E-state index is -0.478. The summed E-state index contributed by atoms with van der Waals surface area (Å²) < 4.78 is 5.64. The third kappa shape index (κ3) is 3.33. The summed E-state index contributed by atoms with van der Waals surface area (Å²) in [7, 11) is 0. The Morgan fingerprint density at radius 3 is 2.15 bits per heavy atom. The maximum atomic E-state index is 10.7. The van der Waals surface area contributed by atoms with Crippen LogP contribution in [0.15, 0.2) is 24.3 Å². The Bertz CT molecular complexity index is 419. The molecule has 1 fully saturated rings. The normalized spacial score (nSPS) is 18.5. The van der Waals surface area contributed by atoms with Gasteiger partial charge in [0, 0.05) is 5.54 Å². The second-order valence-electron chi connectivity index (χ2n) is 6.49. The van der Waals surface area contributed by atoms with E-state index in [-0.39, 0.29) is 11.6 Å². The molecule has 112 valence electrons. The van der Waals surface area contributed by atoms with E-state index < -0.39 is 6.10 Å². The first-order chi connectivity index (χ1) is 9.41. The lowest BCUT2D eigenvalue weighted by Gasteiger charge is -2.39. The summed E-state index contributed by atoms with van der Waals surface area (Å²) in [6.45, 7) is 10.4. The number of rotatable bonds is 5. The number of likely N-dealkylation sites (tertiary alicyclic amines) is 1. The van der Waals surface area contributed by atoms with Gasteiger partial charge in [0.05, 0.1) is 12.2 Å². The summed E-state index contributed by atoms with van der Waals surface area (Å²) in [4.78, 5) is 2.39. The number of nitrogens with zero attached hydrogens (tertiary/aromatic N) is 1. The van der Waals surface area contributed by atoms with Gasteiger partial charge in [-0.25, -0.2) is 0 Å². The van der Waals surface area contributed by atoms with Gasteiger partial charge in [0.1, 0.15) is 5.75 Å². The molecule has 0 amide bonds. The Balaban J connectivity index is 2.09. The maximum Gasteiger partial charge on any atom is 0.119 e. The van der Waals surface area contributed by atoms with Crippen molar-refractivity contribution in [3.8, 4) is 5.75 Å². The van der Waals surface area contributed by atoms with E-state index >= 15 is 0 Å². The molecule has 1 N–H and O–H groups in total. The molecule has 1 heterocycles. The number of hydrogen-bond acceptors (Lipinski definition) is 3. The lowest BCUT2D eigenvalue weighted by atomic mass is 9.89. The second kappa shape index (κ2) is 6.15. The molecule has 1 aromatic rings. The molecule has 1 aliphatic heterocycles. The van der Waals surface area contributed by atoms with Crippen molar-refractivity contribution in [3.05, 3.63) is 29.8 Å². The predicted molar refractivity (Wildman–Crippen MR) is 82.1 cm³/mol. The fourth-order valence-electron chi connectivity index (χ4n) is 2.88. The highest BCUT2D eigenvalue weighted by Gasteiger charge is 2.36. The molecule has 3 nitrogen and oxygen atoms in total. The largest absolute Gasteiger partial charge is 0.491 e. The molecule has 3 heteroatoms. The van der Waals surface area contributed by atoms with Crippen LogP contribution in [0.2, 0.25) is 0 Å². The zero-order valence-electron chi connectivity index (χ0n) is 13.1. The molecule has 1 saturated heterocycles. The summed E-state index contributed by atoms with van der Waals surface area (Å²) in [5.74, 6) is 0.856. The fourth-order valence-corrected chi connectivity index (χ4v) is 2.88. The molecule has 0 radical (unpaired) electrons. The van der Waals surface area contributed by atoms with Crippen LogP contribution in [0.1, 0.15) is 52.2 Å². The number of hydrogen-bond donors (Lipinski definition) is 1. The smallest absolute Gasteiger partial charge is 0.119 e. The van der Waals surface area contributed by atoms with E-state index in [2.05, 4.69) is 18.7 Å². The quantitative estimate of drug-likeness (QED) is 0.895. The van der Waals surface area contributed by atoms with Gasteiger partial charge in [-0.2, -0.15) is 0 Å². The van der Waals surface area contributed by atoms with Crippen molar-refractivity contribution in [1.29, 1.82) is 0 Å². The minimum absolute atomic E-state index is 0.173. The summed E-state index contributed by atoms with van der Waals surface area (Å²) in [5.41, 5.74) is 0.731. The number of ether oxygens (including phenoxy) is 1. The molecule has 0 aromatic heterocycles. The van der Waals surface area contributed by atoms with E-state index in [1.54, 1.807) is 0 Å². The molecule has 2 rings (SSSR count). The first kappa shape index (κ1) is 15.3. The number of benzene rings is 1. The molecule has 0 saturated carbocycles. The van der Waals surface area contributed by atoms with Crippen molar-refractivity contribution < 1.29 is 9.84 Å². The average molecular weight is 277 g/mol. The van der Waals surface area contributed by atoms with Gasteiger partial charge in [-0.3, -0.25) is 4.90 Å². The van der Waals surface area contributed by atoms with E-state index in [9.17, 15) is 5.11 Å². The van der Waals surface area contributed by atoms with E-state index in [1.165, 1.54) is 12.8 Å². The lowest BCUT2D eigenvalue weighted by Crippen LogP contribution is -2.46. The monoisotopic (exact) mass is 277 g/mol. The fraction of sp³-hybridized carbons (Fsp3) is 0.647. The van der Waals surface area contributed by atoms with Gasteiger partial charge in [-0.1, -0.05) is 12.1 Å². The topological polar surface area (TPSA) is 32.7 Å². The van der Waals surface area contributed by atoms with Crippen molar-refractivity contribution in [2.24, 2.45) is 0 Å². The van der Waals surface area contributed by atoms with Crippen LogP contribution in [0.4, 0.5) is 0 Å². The molecule has 0 bridgehead atoms. The van der Waals surface area contributed by atoms with Crippen LogP contribution >= 0.6 is 0 Å². The highest BCUT2D eigenvalue weighted by Crippen LogP contribution is 2.34. The Labute approximate surface area is 122 Å². The molecule has 20 heavy (non-hydrogen) atoms. The van der Waals surface area contributed by atoms with Crippen molar-refractivity contribution in [2.75, 3.05) is 13.1 Å². The molecular formula is C17H27NO2. The SMILES string of the molecule is CC(C)Oc1ccc(C(O)C(C)(C)N2CCCC2)cc1. The molecule has 0 aliphatic carbocycles. The Hall–Kier alpha value is -1.06. The number of aliphatic hydroxyl groups excluding tert-OH is 1. The van der Waals surface area contributed by atoms with Crippen molar-refractivity contribution in [2.45, 2.75) is 58.3 Å². The highest BCUT2D eigenvalue weighted by atomic mass is 16.5. The van der Waals surface area contributed by atoms with Gasteiger partial charge in [0.15, 0.2) is 0 Å². The van der Waals surface area contributed by atoms with Crippen LogP contribution in [0, 0.1) is 0 Å². The third-order valence-electron chi connectivity index (χ3n) is 4.16. The zero-order valence-corrected chi connectivity index (χ0v) is 13.1. The van der Waals surface area contributed by atoms with E-state index in [1.807, 2.05) is 38.1 Å². The molecule has 1 aliphatic rings. The van der Waals surface area contributed by atoms with Crippen molar-refractivity contribution >= 4 is 0 Å². The maximum absolute atomic E-state index is 10.7. The standard InChI is InChI=1S/C17H27NO2/c1-13(2)20-15-9-7-14(8-10-15)16(19)17(3,4)18-11-5-6-12-18/h7-10,13,16,19H,5-6,11-12H2,1-4H3. The van der Waals surface area contributed by atoms with Crippen LogP contribution in [-0.4, -0.2) is 34.7 Å². The van der Waals surface area contributed by atoms with Gasteiger partial charge in [0.25, 0.3) is 0 Å². The molecular weight excluding hydrogens is 250 g/mol. The summed E-state index contributed by atoms with van der Waals surface area (Å²) in [6, 6.07) is 7.83. The summed E-state index contributed by atoms with van der Waals surface area (Å²) in [5, 5.41) is 10.7. The Morgan fingerprint density at radius 2 is 1.65 bits per heavy atom. The van der Waals surface area contributed by atoms with E-state index in [4.69, 9.17) is 4.74 Å². The van der Waals surface area contributed by atoms with Crippen LogP contribution in [0.25, 0.3) is 0 Å². The molecule has 1 aromatic carbocycles. The van der Waals surface area contributed by atoms with Crippen molar-refractivity contribution in [1.82, 2.24) is 4.90 Å². The second-order valence-corrected chi connectivity index (χ2v) is 6.49. The summed E-state index contributed by atoms with van der Waals surface area (Å²) >= 11 is 0. The van der Waals surface area contributed by atoms with Gasteiger partial charge < -0.3 is 9.84 Å². The Kier molecular flexibility index (Phi) is 4.71. The van der Waals surface area contributed by atoms with E-state index in [0.717, 1.165) is 24.4 Å². The van der Waals surface area contributed by atoms with Crippen LogP contribution in [0.5, 0.6) is 5.75 Å². The Morgan fingerprint density at radius 1 is 1.10 bits per heavy atom.